The Morgan fingerprint density at radius 1 is 0.345 bits per heavy atom. The van der Waals surface area contributed by atoms with Gasteiger partial charge in [0.1, 0.15) is 6.33 Å². The minimum atomic E-state index is 0.640. The van der Waals surface area contributed by atoms with Crippen LogP contribution < -0.4 is 0 Å². The second kappa shape index (κ2) is 13.8. The van der Waals surface area contributed by atoms with E-state index in [1.807, 2.05) is 85.2 Å². The van der Waals surface area contributed by atoms with Gasteiger partial charge in [-0.1, -0.05) is 170 Å². The molecule has 8 aromatic carbocycles. The van der Waals surface area contributed by atoms with E-state index in [4.69, 9.17) is 19.9 Å². The third-order valence-corrected chi connectivity index (χ3v) is 10.2. The maximum Gasteiger partial charge on any atom is 0.164 e. The van der Waals surface area contributed by atoms with Crippen LogP contribution in [0.15, 0.2) is 200 Å². The molecular formula is C50H33N5. The van der Waals surface area contributed by atoms with Crippen molar-refractivity contribution in [3.05, 3.63) is 200 Å². The molecule has 0 fully saturated rings. The van der Waals surface area contributed by atoms with E-state index in [0.29, 0.717) is 17.5 Å². The number of rotatable bonds is 7. The van der Waals surface area contributed by atoms with Gasteiger partial charge < -0.3 is 0 Å². The minimum absolute atomic E-state index is 0.640. The molecule has 0 N–H and O–H groups in total. The van der Waals surface area contributed by atoms with E-state index >= 15 is 0 Å². The van der Waals surface area contributed by atoms with Crippen molar-refractivity contribution in [2.75, 3.05) is 0 Å². The highest BCUT2D eigenvalue weighted by Crippen LogP contribution is 2.38. The molecular weight excluding hydrogens is 671 g/mol. The first-order chi connectivity index (χ1) is 27.2. The maximum atomic E-state index is 4.94. The Balaban J connectivity index is 0.989. The van der Waals surface area contributed by atoms with Crippen LogP contribution in [-0.4, -0.2) is 24.5 Å². The van der Waals surface area contributed by atoms with Crippen molar-refractivity contribution in [1.82, 2.24) is 24.5 Å². The lowest BCUT2D eigenvalue weighted by Gasteiger charge is -2.14. The SMILES string of the molecule is c1ccc(-c2nc(-c3ccccc3)nc(-c3ccc(-c4cccc5cccc(-c6ccc(-c7ccc8c(c7)ncn8-c7ccccc7)cc6)c45)cc3)n2)cc1. The fraction of sp³-hybridized carbons (Fsp3) is 0. The number of fused-ring (bicyclic) bond motifs is 2. The van der Waals surface area contributed by atoms with Crippen LogP contribution in [-0.2, 0) is 0 Å². The molecule has 0 saturated carbocycles. The normalized spacial score (nSPS) is 11.3. The number of para-hydroxylation sites is 1. The molecule has 10 aromatic rings. The van der Waals surface area contributed by atoms with E-state index in [0.717, 1.165) is 50.1 Å². The first kappa shape index (κ1) is 32.2. The van der Waals surface area contributed by atoms with Gasteiger partial charge in [-0.15, -0.1) is 0 Å². The first-order valence-corrected chi connectivity index (χ1v) is 18.4. The summed E-state index contributed by atoms with van der Waals surface area (Å²) in [6.07, 6.45) is 1.90. The van der Waals surface area contributed by atoms with Crippen molar-refractivity contribution in [1.29, 1.82) is 0 Å². The summed E-state index contributed by atoms with van der Waals surface area (Å²) in [7, 11) is 0. The molecule has 0 bridgehead atoms. The molecule has 0 saturated heterocycles. The second-order valence-electron chi connectivity index (χ2n) is 13.6. The summed E-state index contributed by atoms with van der Waals surface area (Å²) in [5.41, 5.74) is 13.0. The van der Waals surface area contributed by atoms with Crippen LogP contribution in [0.5, 0.6) is 0 Å². The van der Waals surface area contributed by atoms with Crippen molar-refractivity contribution in [2.45, 2.75) is 0 Å². The number of imidazole rings is 1. The smallest absolute Gasteiger partial charge is 0.164 e. The summed E-state index contributed by atoms with van der Waals surface area (Å²) in [5, 5.41) is 2.41. The molecule has 258 valence electrons. The molecule has 0 amide bonds. The number of benzene rings is 8. The molecule has 2 heterocycles. The van der Waals surface area contributed by atoms with Crippen LogP contribution in [0, 0.1) is 0 Å². The van der Waals surface area contributed by atoms with Gasteiger partial charge in [0.25, 0.3) is 0 Å². The Morgan fingerprint density at radius 2 is 0.800 bits per heavy atom. The van der Waals surface area contributed by atoms with Crippen molar-refractivity contribution in [2.24, 2.45) is 0 Å². The van der Waals surface area contributed by atoms with Crippen LogP contribution in [0.3, 0.4) is 0 Å². The van der Waals surface area contributed by atoms with Gasteiger partial charge in [-0.3, -0.25) is 4.57 Å². The second-order valence-corrected chi connectivity index (χ2v) is 13.6. The quantitative estimate of drug-likeness (QED) is 0.166. The molecule has 0 aliphatic heterocycles. The van der Waals surface area contributed by atoms with Crippen molar-refractivity contribution >= 4 is 21.8 Å². The van der Waals surface area contributed by atoms with Crippen LogP contribution in [0.2, 0.25) is 0 Å². The van der Waals surface area contributed by atoms with Gasteiger partial charge in [-0.2, -0.15) is 0 Å². The van der Waals surface area contributed by atoms with E-state index in [1.54, 1.807) is 0 Å². The molecule has 0 atom stereocenters. The summed E-state index contributed by atoms with van der Waals surface area (Å²) in [4.78, 5) is 19.5. The van der Waals surface area contributed by atoms with Gasteiger partial charge in [0.2, 0.25) is 0 Å². The predicted octanol–water partition coefficient (Wildman–Crippen LogP) is 12.4. The van der Waals surface area contributed by atoms with Gasteiger partial charge in [0.05, 0.1) is 11.0 Å². The Kier molecular flexibility index (Phi) is 8.08. The lowest BCUT2D eigenvalue weighted by Crippen LogP contribution is -2.00. The topological polar surface area (TPSA) is 56.5 Å². The molecule has 10 rings (SSSR count). The molecule has 5 nitrogen and oxygen atoms in total. The summed E-state index contributed by atoms with van der Waals surface area (Å²) < 4.78 is 2.13. The molecule has 2 aromatic heterocycles. The third kappa shape index (κ3) is 6.14. The lowest BCUT2D eigenvalue weighted by atomic mass is 9.90. The average Bonchev–Trinajstić information content (AvgIpc) is 3.70. The van der Waals surface area contributed by atoms with Crippen molar-refractivity contribution in [3.8, 4) is 73.2 Å². The van der Waals surface area contributed by atoms with E-state index in [1.165, 1.54) is 27.5 Å². The van der Waals surface area contributed by atoms with Gasteiger partial charge in [0, 0.05) is 22.4 Å². The summed E-state index contributed by atoms with van der Waals surface area (Å²) in [5.74, 6) is 1.94. The molecule has 0 spiro atoms. The van der Waals surface area contributed by atoms with Gasteiger partial charge in [0.15, 0.2) is 17.5 Å². The zero-order chi connectivity index (χ0) is 36.6. The van der Waals surface area contributed by atoms with Crippen molar-refractivity contribution < 1.29 is 0 Å². The number of hydrogen-bond donors (Lipinski definition) is 0. The molecule has 0 aliphatic carbocycles. The van der Waals surface area contributed by atoms with Crippen LogP contribution in [0.25, 0.3) is 95.0 Å². The summed E-state index contributed by atoms with van der Waals surface area (Å²) >= 11 is 0. The number of hydrogen-bond acceptors (Lipinski definition) is 4. The molecule has 0 radical (unpaired) electrons. The van der Waals surface area contributed by atoms with Gasteiger partial charge in [-0.25, -0.2) is 19.9 Å². The predicted molar refractivity (Wildman–Crippen MR) is 225 cm³/mol. The molecule has 55 heavy (non-hydrogen) atoms. The van der Waals surface area contributed by atoms with Crippen LogP contribution in [0.4, 0.5) is 0 Å². The molecule has 0 unspecified atom stereocenters. The Hall–Kier alpha value is -7.50. The maximum absolute atomic E-state index is 4.94. The molecule has 0 aliphatic rings. The highest BCUT2D eigenvalue weighted by atomic mass is 15.0. The van der Waals surface area contributed by atoms with E-state index in [2.05, 4.69) is 120 Å². The highest BCUT2D eigenvalue weighted by molar-refractivity contribution is 6.06. The Bertz CT molecular complexity index is 2870. The molecule has 5 heteroatoms. The monoisotopic (exact) mass is 703 g/mol. The standard InChI is InChI=1S/C50H33N5/c1-4-12-38(13-5-1)48-52-49(39-14-6-2-7-15-39)54-50(53-48)40-28-26-36(27-29-40)44-21-11-17-37-16-10-20-43(47(37)44)35-24-22-34(23-25-35)41-30-31-46-45(32-41)51-33-55(46)42-18-8-3-9-19-42/h1-33H. The van der Waals surface area contributed by atoms with E-state index < -0.39 is 0 Å². The highest BCUT2D eigenvalue weighted by Gasteiger charge is 2.15. The number of aromatic nitrogens is 5. The fourth-order valence-electron chi connectivity index (χ4n) is 7.39. The third-order valence-electron chi connectivity index (χ3n) is 10.2. The zero-order valence-corrected chi connectivity index (χ0v) is 29.8. The fourth-order valence-corrected chi connectivity index (χ4v) is 7.39. The minimum Gasteiger partial charge on any atom is -0.299 e. The van der Waals surface area contributed by atoms with E-state index in [9.17, 15) is 0 Å². The average molecular weight is 704 g/mol. The summed E-state index contributed by atoms with van der Waals surface area (Å²) in [6, 6.07) is 67.5. The van der Waals surface area contributed by atoms with Crippen molar-refractivity contribution in [3.63, 3.8) is 0 Å². The lowest BCUT2D eigenvalue weighted by molar-refractivity contribution is 1.07. The van der Waals surface area contributed by atoms with E-state index in [-0.39, 0.29) is 0 Å². The van der Waals surface area contributed by atoms with Gasteiger partial charge >= 0.3 is 0 Å². The Labute approximate surface area is 318 Å². The zero-order valence-electron chi connectivity index (χ0n) is 29.8. The van der Waals surface area contributed by atoms with Crippen LogP contribution in [0.1, 0.15) is 0 Å². The first-order valence-electron chi connectivity index (χ1n) is 18.4. The number of nitrogens with zero attached hydrogens (tertiary/aromatic N) is 5. The Morgan fingerprint density at radius 3 is 1.35 bits per heavy atom. The van der Waals surface area contributed by atoms with Crippen LogP contribution >= 0.6 is 0 Å². The van der Waals surface area contributed by atoms with Gasteiger partial charge in [-0.05, 0) is 68.4 Å². The summed E-state index contributed by atoms with van der Waals surface area (Å²) in [6.45, 7) is 0. The largest absolute Gasteiger partial charge is 0.299 e.